The molecule has 0 atom stereocenters. The summed E-state index contributed by atoms with van der Waals surface area (Å²) in [5.41, 5.74) is 1.23. The summed E-state index contributed by atoms with van der Waals surface area (Å²) in [4.78, 5) is 0. The van der Waals surface area contributed by atoms with Crippen LogP contribution in [0.5, 0.6) is 5.75 Å². The maximum absolute atomic E-state index is 5.81. The molecule has 0 radical (unpaired) electrons. The summed E-state index contributed by atoms with van der Waals surface area (Å²) in [5, 5.41) is 3.48. The number of nitrogens with one attached hydrogen (secondary N) is 1. The SMILES string of the molecule is COC(C)(C)CCOc1cccc(CNC(C)(C)C)c1. The van der Waals surface area contributed by atoms with Gasteiger partial charge in [0.15, 0.2) is 0 Å². The van der Waals surface area contributed by atoms with E-state index in [0.717, 1.165) is 18.7 Å². The van der Waals surface area contributed by atoms with Gasteiger partial charge in [-0.15, -0.1) is 0 Å². The Hall–Kier alpha value is -1.06. The van der Waals surface area contributed by atoms with Crippen LogP contribution < -0.4 is 10.1 Å². The predicted molar refractivity (Wildman–Crippen MR) is 84.2 cm³/mol. The van der Waals surface area contributed by atoms with Crippen molar-refractivity contribution in [3.05, 3.63) is 29.8 Å². The van der Waals surface area contributed by atoms with E-state index in [0.29, 0.717) is 6.61 Å². The van der Waals surface area contributed by atoms with E-state index < -0.39 is 0 Å². The molecule has 0 aromatic heterocycles. The van der Waals surface area contributed by atoms with E-state index in [4.69, 9.17) is 9.47 Å². The fourth-order valence-corrected chi connectivity index (χ4v) is 1.63. The molecule has 1 rings (SSSR count). The monoisotopic (exact) mass is 279 g/mol. The van der Waals surface area contributed by atoms with Crippen molar-refractivity contribution >= 4 is 0 Å². The Morgan fingerprint density at radius 2 is 1.80 bits per heavy atom. The first-order valence-electron chi connectivity index (χ1n) is 7.24. The van der Waals surface area contributed by atoms with Crippen molar-refractivity contribution in [1.82, 2.24) is 5.32 Å². The van der Waals surface area contributed by atoms with E-state index in [2.05, 4.69) is 52.1 Å². The van der Waals surface area contributed by atoms with Gasteiger partial charge in [0.05, 0.1) is 12.2 Å². The Labute approximate surface area is 123 Å². The zero-order chi connectivity index (χ0) is 15.2. The largest absolute Gasteiger partial charge is 0.493 e. The Morgan fingerprint density at radius 1 is 1.10 bits per heavy atom. The first-order chi connectivity index (χ1) is 9.22. The van der Waals surface area contributed by atoms with Crippen LogP contribution >= 0.6 is 0 Å². The molecule has 0 aliphatic heterocycles. The fraction of sp³-hybridized carbons (Fsp3) is 0.647. The highest BCUT2D eigenvalue weighted by molar-refractivity contribution is 5.28. The highest BCUT2D eigenvalue weighted by Crippen LogP contribution is 2.17. The minimum atomic E-state index is -0.134. The summed E-state index contributed by atoms with van der Waals surface area (Å²) < 4.78 is 11.2. The van der Waals surface area contributed by atoms with Crippen molar-refractivity contribution in [2.75, 3.05) is 13.7 Å². The summed E-state index contributed by atoms with van der Waals surface area (Å²) in [6, 6.07) is 8.25. The number of methoxy groups -OCH3 is 1. The molecule has 0 amide bonds. The van der Waals surface area contributed by atoms with Crippen LogP contribution in [0, 0.1) is 0 Å². The van der Waals surface area contributed by atoms with Crippen LogP contribution in [0.3, 0.4) is 0 Å². The van der Waals surface area contributed by atoms with Crippen LogP contribution in [0.4, 0.5) is 0 Å². The normalized spacial score (nSPS) is 12.5. The van der Waals surface area contributed by atoms with Crippen molar-refractivity contribution in [1.29, 1.82) is 0 Å². The lowest BCUT2D eigenvalue weighted by Crippen LogP contribution is -2.35. The van der Waals surface area contributed by atoms with E-state index in [1.165, 1.54) is 5.56 Å². The molecule has 0 bridgehead atoms. The molecule has 3 heteroatoms. The molecule has 0 unspecified atom stereocenters. The van der Waals surface area contributed by atoms with Crippen LogP contribution in [0.1, 0.15) is 46.6 Å². The van der Waals surface area contributed by atoms with E-state index in [1.54, 1.807) is 7.11 Å². The average molecular weight is 279 g/mol. The minimum absolute atomic E-state index is 0.124. The molecule has 0 heterocycles. The molecule has 20 heavy (non-hydrogen) atoms. The Bertz CT molecular complexity index is 408. The minimum Gasteiger partial charge on any atom is -0.493 e. The van der Waals surface area contributed by atoms with Gasteiger partial charge in [-0.1, -0.05) is 12.1 Å². The second-order valence-electron chi connectivity index (χ2n) is 6.81. The number of ether oxygens (including phenoxy) is 2. The smallest absolute Gasteiger partial charge is 0.119 e. The molecule has 0 spiro atoms. The van der Waals surface area contributed by atoms with Gasteiger partial charge in [0.25, 0.3) is 0 Å². The quantitative estimate of drug-likeness (QED) is 0.824. The van der Waals surface area contributed by atoms with Crippen molar-refractivity contribution in [2.24, 2.45) is 0 Å². The van der Waals surface area contributed by atoms with Crippen LogP contribution in [0.25, 0.3) is 0 Å². The summed E-state index contributed by atoms with van der Waals surface area (Å²) in [6.45, 7) is 12.2. The number of hydrogen-bond donors (Lipinski definition) is 1. The van der Waals surface area contributed by atoms with Gasteiger partial charge in [-0.05, 0) is 52.3 Å². The first kappa shape index (κ1) is 17.0. The molecule has 0 fully saturated rings. The highest BCUT2D eigenvalue weighted by Gasteiger charge is 2.16. The van der Waals surface area contributed by atoms with Gasteiger partial charge in [-0.2, -0.15) is 0 Å². The topological polar surface area (TPSA) is 30.5 Å². The van der Waals surface area contributed by atoms with Crippen LogP contribution in [-0.4, -0.2) is 24.9 Å². The molecule has 0 saturated carbocycles. The average Bonchev–Trinajstić information content (AvgIpc) is 2.36. The lowest BCUT2D eigenvalue weighted by atomic mass is 10.1. The summed E-state index contributed by atoms with van der Waals surface area (Å²) in [5.74, 6) is 0.921. The van der Waals surface area contributed by atoms with E-state index in [1.807, 2.05) is 12.1 Å². The second kappa shape index (κ2) is 7.09. The van der Waals surface area contributed by atoms with Crippen molar-refractivity contribution < 1.29 is 9.47 Å². The van der Waals surface area contributed by atoms with Crippen LogP contribution in [0.2, 0.25) is 0 Å². The Kier molecular flexibility index (Phi) is 6.03. The first-order valence-corrected chi connectivity index (χ1v) is 7.24. The fourth-order valence-electron chi connectivity index (χ4n) is 1.63. The Balaban J connectivity index is 2.48. The lowest BCUT2D eigenvalue weighted by Gasteiger charge is -2.23. The summed E-state index contributed by atoms with van der Waals surface area (Å²) in [7, 11) is 1.73. The third kappa shape index (κ3) is 6.92. The molecule has 1 aromatic carbocycles. The molecule has 0 aliphatic carbocycles. The van der Waals surface area contributed by atoms with E-state index in [-0.39, 0.29) is 11.1 Å². The molecular weight excluding hydrogens is 250 g/mol. The maximum Gasteiger partial charge on any atom is 0.119 e. The van der Waals surface area contributed by atoms with Gasteiger partial charge in [-0.3, -0.25) is 0 Å². The summed E-state index contributed by atoms with van der Waals surface area (Å²) >= 11 is 0. The van der Waals surface area contributed by atoms with E-state index in [9.17, 15) is 0 Å². The van der Waals surface area contributed by atoms with Gasteiger partial charge >= 0.3 is 0 Å². The van der Waals surface area contributed by atoms with Gasteiger partial charge in [0.2, 0.25) is 0 Å². The van der Waals surface area contributed by atoms with E-state index >= 15 is 0 Å². The molecule has 0 saturated heterocycles. The van der Waals surface area contributed by atoms with Crippen molar-refractivity contribution in [2.45, 2.75) is 58.7 Å². The highest BCUT2D eigenvalue weighted by atomic mass is 16.5. The number of benzene rings is 1. The zero-order valence-electron chi connectivity index (χ0n) is 13.7. The number of rotatable bonds is 7. The summed E-state index contributed by atoms with van der Waals surface area (Å²) in [6.07, 6.45) is 0.869. The van der Waals surface area contributed by atoms with Crippen LogP contribution in [0.15, 0.2) is 24.3 Å². The van der Waals surface area contributed by atoms with Crippen LogP contribution in [-0.2, 0) is 11.3 Å². The third-order valence-electron chi connectivity index (χ3n) is 3.25. The predicted octanol–water partition coefficient (Wildman–Crippen LogP) is 3.77. The molecule has 1 aromatic rings. The van der Waals surface area contributed by atoms with Gasteiger partial charge in [0, 0.05) is 25.6 Å². The van der Waals surface area contributed by atoms with Gasteiger partial charge < -0.3 is 14.8 Å². The standard InChI is InChI=1S/C17H29NO2/c1-16(2,3)18-13-14-8-7-9-15(12-14)20-11-10-17(4,5)19-6/h7-9,12,18H,10-11,13H2,1-6H3. The van der Waals surface area contributed by atoms with Crippen molar-refractivity contribution in [3.8, 4) is 5.75 Å². The maximum atomic E-state index is 5.81. The molecule has 0 aliphatic rings. The molecule has 3 nitrogen and oxygen atoms in total. The lowest BCUT2D eigenvalue weighted by molar-refractivity contribution is 0.00545. The van der Waals surface area contributed by atoms with Gasteiger partial charge in [0.1, 0.15) is 5.75 Å². The molecule has 114 valence electrons. The second-order valence-corrected chi connectivity index (χ2v) is 6.81. The molecular formula is C17H29NO2. The van der Waals surface area contributed by atoms with Gasteiger partial charge in [-0.25, -0.2) is 0 Å². The number of hydrogen-bond acceptors (Lipinski definition) is 3. The zero-order valence-corrected chi connectivity index (χ0v) is 13.7. The molecule has 1 N–H and O–H groups in total. The van der Waals surface area contributed by atoms with Crippen molar-refractivity contribution in [3.63, 3.8) is 0 Å². The Morgan fingerprint density at radius 3 is 2.40 bits per heavy atom. The third-order valence-corrected chi connectivity index (χ3v) is 3.25.